The van der Waals surface area contributed by atoms with Crippen LogP contribution in [-0.2, 0) is 9.53 Å². The Balaban J connectivity index is 1.94. The van der Waals surface area contributed by atoms with E-state index in [1.807, 2.05) is 6.92 Å². The summed E-state index contributed by atoms with van der Waals surface area (Å²) in [6.07, 6.45) is 0.556. The van der Waals surface area contributed by atoms with Crippen molar-refractivity contribution < 1.29 is 24.1 Å². The van der Waals surface area contributed by atoms with E-state index in [0.717, 1.165) is 10.9 Å². The van der Waals surface area contributed by atoms with Gasteiger partial charge in [-0.05, 0) is 46.5 Å². The molecule has 1 heterocycles. The average molecular weight is 345 g/mol. The summed E-state index contributed by atoms with van der Waals surface area (Å²) >= 11 is 3.37. The van der Waals surface area contributed by atoms with E-state index < -0.39 is 6.10 Å². The van der Waals surface area contributed by atoms with Crippen molar-refractivity contribution in [2.45, 2.75) is 32.3 Å². The molecule has 0 saturated carbocycles. The SMILES string of the molecule is CCCOC(=O)CCC(O)c1cc(Br)c2c(c1)OCO2. The summed E-state index contributed by atoms with van der Waals surface area (Å²) in [6.45, 7) is 2.54. The van der Waals surface area contributed by atoms with Gasteiger partial charge in [0.05, 0.1) is 17.2 Å². The zero-order valence-corrected chi connectivity index (χ0v) is 12.8. The fourth-order valence-corrected chi connectivity index (χ4v) is 2.46. The number of ether oxygens (including phenoxy) is 3. The Labute approximate surface area is 126 Å². The van der Waals surface area contributed by atoms with Crippen molar-refractivity contribution in [2.24, 2.45) is 0 Å². The van der Waals surface area contributed by atoms with Gasteiger partial charge in [0.1, 0.15) is 0 Å². The summed E-state index contributed by atoms with van der Waals surface area (Å²) < 4.78 is 16.3. The predicted octanol–water partition coefficient (Wildman–Crippen LogP) is 2.94. The number of rotatable bonds is 6. The topological polar surface area (TPSA) is 65.0 Å². The molecule has 1 aliphatic heterocycles. The van der Waals surface area contributed by atoms with Crippen molar-refractivity contribution in [2.75, 3.05) is 13.4 Å². The van der Waals surface area contributed by atoms with Crippen LogP contribution in [-0.4, -0.2) is 24.5 Å². The lowest BCUT2D eigenvalue weighted by Crippen LogP contribution is -2.08. The molecule has 0 aliphatic carbocycles. The van der Waals surface area contributed by atoms with Crippen LogP contribution in [0.1, 0.15) is 37.9 Å². The third-order valence-electron chi connectivity index (χ3n) is 2.92. The van der Waals surface area contributed by atoms with Gasteiger partial charge < -0.3 is 19.3 Å². The molecule has 1 unspecified atom stereocenters. The molecule has 0 radical (unpaired) electrons. The highest BCUT2D eigenvalue weighted by molar-refractivity contribution is 9.10. The van der Waals surface area contributed by atoms with E-state index in [1.165, 1.54) is 0 Å². The van der Waals surface area contributed by atoms with Crippen molar-refractivity contribution in [1.82, 2.24) is 0 Å². The fraction of sp³-hybridized carbons (Fsp3) is 0.500. The first kappa shape index (κ1) is 15.1. The van der Waals surface area contributed by atoms with Crippen LogP contribution in [0.4, 0.5) is 0 Å². The van der Waals surface area contributed by atoms with E-state index in [0.29, 0.717) is 30.1 Å². The average Bonchev–Trinajstić information content (AvgIpc) is 2.91. The third kappa shape index (κ3) is 3.64. The molecule has 0 saturated heterocycles. The van der Waals surface area contributed by atoms with Crippen molar-refractivity contribution in [1.29, 1.82) is 0 Å². The molecular formula is C14H17BrO5. The second-order valence-corrected chi connectivity index (χ2v) is 5.37. The Bertz CT molecular complexity index is 489. The van der Waals surface area contributed by atoms with Gasteiger partial charge in [-0.3, -0.25) is 4.79 Å². The first-order valence-corrected chi connectivity index (χ1v) is 7.33. The van der Waals surface area contributed by atoms with Gasteiger partial charge in [-0.25, -0.2) is 0 Å². The molecule has 0 bridgehead atoms. The van der Waals surface area contributed by atoms with Crippen molar-refractivity contribution in [3.8, 4) is 11.5 Å². The van der Waals surface area contributed by atoms with Crippen molar-refractivity contribution in [3.63, 3.8) is 0 Å². The normalized spacial score (nSPS) is 14.2. The molecular weight excluding hydrogens is 328 g/mol. The zero-order chi connectivity index (χ0) is 14.5. The molecule has 0 amide bonds. The number of carbonyl (C=O) groups excluding carboxylic acids is 1. The number of esters is 1. The van der Waals surface area contributed by atoms with Crippen LogP contribution in [0.15, 0.2) is 16.6 Å². The van der Waals surface area contributed by atoms with E-state index in [9.17, 15) is 9.90 Å². The van der Waals surface area contributed by atoms with Crippen LogP contribution in [0, 0.1) is 0 Å². The molecule has 2 rings (SSSR count). The number of aliphatic hydroxyl groups is 1. The second-order valence-electron chi connectivity index (χ2n) is 4.51. The molecule has 1 aliphatic rings. The molecule has 5 nitrogen and oxygen atoms in total. The molecule has 1 atom stereocenters. The van der Waals surface area contributed by atoms with Gasteiger partial charge >= 0.3 is 5.97 Å². The van der Waals surface area contributed by atoms with Crippen LogP contribution in [0.5, 0.6) is 11.5 Å². The Hall–Kier alpha value is -1.27. The lowest BCUT2D eigenvalue weighted by molar-refractivity contribution is -0.144. The summed E-state index contributed by atoms with van der Waals surface area (Å²) in [4.78, 5) is 11.4. The van der Waals surface area contributed by atoms with E-state index >= 15 is 0 Å². The maximum absolute atomic E-state index is 11.4. The largest absolute Gasteiger partial charge is 0.466 e. The Morgan fingerprint density at radius 3 is 3.05 bits per heavy atom. The van der Waals surface area contributed by atoms with Crippen LogP contribution in [0.2, 0.25) is 0 Å². The van der Waals surface area contributed by atoms with E-state index in [2.05, 4.69) is 15.9 Å². The van der Waals surface area contributed by atoms with Gasteiger partial charge in [-0.2, -0.15) is 0 Å². The highest BCUT2D eigenvalue weighted by Gasteiger charge is 2.21. The van der Waals surface area contributed by atoms with Crippen molar-refractivity contribution >= 4 is 21.9 Å². The summed E-state index contributed by atoms with van der Waals surface area (Å²) in [5, 5.41) is 10.1. The van der Waals surface area contributed by atoms with Gasteiger partial charge in [0.15, 0.2) is 11.5 Å². The first-order chi connectivity index (χ1) is 9.61. The van der Waals surface area contributed by atoms with Crippen LogP contribution in [0.25, 0.3) is 0 Å². The number of fused-ring (bicyclic) bond motifs is 1. The molecule has 0 spiro atoms. The molecule has 0 fully saturated rings. The van der Waals surface area contributed by atoms with Gasteiger partial charge in [0.25, 0.3) is 0 Å². The minimum Gasteiger partial charge on any atom is -0.466 e. The summed E-state index contributed by atoms with van der Waals surface area (Å²) in [5.41, 5.74) is 0.685. The predicted molar refractivity (Wildman–Crippen MR) is 75.7 cm³/mol. The van der Waals surface area contributed by atoms with Crippen LogP contribution < -0.4 is 9.47 Å². The lowest BCUT2D eigenvalue weighted by atomic mass is 10.0. The first-order valence-electron chi connectivity index (χ1n) is 6.54. The number of carbonyl (C=O) groups is 1. The number of hydrogen-bond donors (Lipinski definition) is 1. The summed E-state index contributed by atoms with van der Waals surface area (Å²) in [5.74, 6) is 0.955. The molecule has 6 heteroatoms. The van der Waals surface area contributed by atoms with Gasteiger partial charge in [-0.1, -0.05) is 6.92 Å². The highest BCUT2D eigenvalue weighted by Crippen LogP contribution is 2.41. The molecule has 1 aromatic carbocycles. The standard InChI is InChI=1S/C14H17BrO5/c1-2-5-18-13(17)4-3-11(16)9-6-10(15)14-12(7-9)19-8-20-14/h6-7,11,16H,2-5,8H2,1H3. The maximum Gasteiger partial charge on any atom is 0.305 e. The molecule has 0 aromatic heterocycles. The van der Waals surface area contributed by atoms with E-state index in [-0.39, 0.29) is 19.2 Å². The number of hydrogen-bond acceptors (Lipinski definition) is 5. The monoisotopic (exact) mass is 344 g/mol. The van der Waals surface area contributed by atoms with Gasteiger partial charge in [-0.15, -0.1) is 0 Å². The maximum atomic E-state index is 11.4. The smallest absolute Gasteiger partial charge is 0.305 e. The van der Waals surface area contributed by atoms with Gasteiger partial charge in [0, 0.05) is 6.42 Å². The third-order valence-corrected chi connectivity index (χ3v) is 3.51. The number of halogens is 1. The lowest BCUT2D eigenvalue weighted by Gasteiger charge is -2.12. The summed E-state index contributed by atoms with van der Waals surface area (Å²) in [7, 11) is 0. The zero-order valence-electron chi connectivity index (χ0n) is 11.2. The molecule has 1 N–H and O–H groups in total. The van der Waals surface area contributed by atoms with E-state index in [1.54, 1.807) is 12.1 Å². The Morgan fingerprint density at radius 2 is 2.30 bits per heavy atom. The highest BCUT2D eigenvalue weighted by atomic mass is 79.9. The van der Waals surface area contributed by atoms with E-state index in [4.69, 9.17) is 14.2 Å². The minimum atomic E-state index is -0.741. The minimum absolute atomic E-state index is 0.177. The molecule has 110 valence electrons. The summed E-state index contributed by atoms with van der Waals surface area (Å²) in [6, 6.07) is 3.50. The second kappa shape index (κ2) is 6.95. The molecule has 1 aromatic rings. The van der Waals surface area contributed by atoms with Gasteiger partial charge in [0.2, 0.25) is 6.79 Å². The van der Waals surface area contributed by atoms with Crippen molar-refractivity contribution in [3.05, 3.63) is 22.2 Å². The Kier molecular flexibility index (Phi) is 5.25. The number of benzene rings is 1. The number of aliphatic hydroxyl groups excluding tert-OH is 1. The Morgan fingerprint density at radius 1 is 1.50 bits per heavy atom. The molecule has 20 heavy (non-hydrogen) atoms. The fourth-order valence-electron chi connectivity index (χ4n) is 1.89. The van der Waals surface area contributed by atoms with Crippen LogP contribution in [0.3, 0.4) is 0 Å². The quantitative estimate of drug-likeness (QED) is 0.803. The van der Waals surface area contributed by atoms with Crippen LogP contribution >= 0.6 is 15.9 Å².